The SMILES string of the molecule is O=C(Oc1ccc2c(c1)OC(=Cc1ccc3c(c1)OCO3)C2=O)c1ccc(Cl)cc1. The van der Waals surface area contributed by atoms with Crippen molar-refractivity contribution in [2.75, 3.05) is 6.79 Å². The zero-order chi connectivity index (χ0) is 20.7. The maximum atomic E-state index is 12.7. The number of rotatable bonds is 3. The summed E-state index contributed by atoms with van der Waals surface area (Å²) in [5, 5.41) is 0.526. The van der Waals surface area contributed by atoms with Gasteiger partial charge in [-0.05, 0) is 60.2 Å². The second-order valence-corrected chi connectivity index (χ2v) is 7.04. The van der Waals surface area contributed by atoms with Gasteiger partial charge in [0, 0.05) is 11.1 Å². The summed E-state index contributed by atoms with van der Waals surface area (Å²) in [6, 6.07) is 16.4. The Hall–Kier alpha value is -3.77. The average molecular weight is 421 g/mol. The number of hydrogen-bond acceptors (Lipinski definition) is 6. The van der Waals surface area contributed by atoms with Gasteiger partial charge < -0.3 is 18.9 Å². The molecule has 0 saturated heterocycles. The number of carbonyl (C=O) groups excluding carboxylic acids is 2. The molecule has 0 unspecified atom stereocenters. The van der Waals surface area contributed by atoms with Crippen LogP contribution >= 0.6 is 11.6 Å². The number of fused-ring (bicyclic) bond motifs is 2. The van der Waals surface area contributed by atoms with Crippen molar-refractivity contribution in [3.63, 3.8) is 0 Å². The molecule has 0 N–H and O–H groups in total. The summed E-state index contributed by atoms with van der Waals surface area (Å²) >= 11 is 5.83. The molecule has 0 fully saturated rings. The van der Waals surface area contributed by atoms with Gasteiger partial charge in [0.2, 0.25) is 12.6 Å². The van der Waals surface area contributed by atoms with Crippen LogP contribution in [-0.2, 0) is 0 Å². The van der Waals surface area contributed by atoms with Crippen molar-refractivity contribution in [2.45, 2.75) is 0 Å². The van der Waals surface area contributed by atoms with E-state index in [1.807, 2.05) is 0 Å². The molecule has 0 bridgehead atoms. The van der Waals surface area contributed by atoms with Gasteiger partial charge in [-0.15, -0.1) is 0 Å². The lowest BCUT2D eigenvalue weighted by Crippen LogP contribution is -2.08. The monoisotopic (exact) mass is 420 g/mol. The molecule has 0 aliphatic carbocycles. The van der Waals surface area contributed by atoms with Gasteiger partial charge in [0.15, 0.2) is 17.3 Å². The predicted octanol–water partition coefficient (Wildman–Crippen LogP) is 4.90. The van der Waals surface area contributed by atoms with E-state index >= 15 is 0 Å². The first-order valence-corrected chi connectivity index (χ1v) is 9.40. The van der Waals surface area contributed by atoms with Gasteiger partial charge in [0.1, 0.15) is 11.5 Å². The third-order valence-electron chi connectivity index (χ3n) is 4.63. The third kappa shape index (κ3) is 3.38. The van der Waals surface area contributed by atoms with E-state index in [4.69, 9.17) is 30.5 Å². The lowest BCUT2D eigenvalue weighted by atomic mass is 10.1. The molecule has 7 heteroatoms. The van der Waals surface area contributed by atoms with Crippen molar-refractivity contribution in [1.82, 2.24) is 0 Å². The van der Waals surface area contributed by atoms with E-state index in [1.54, 1.807) is 60.7 Å². The van der Waals surface area contributed by atoms with Gasteiger partial charge in [-0.25, -0.2) is 4.79 Å². The molecule has 0 aromatic heterocycles. The van der Waals surface area contributed by atoms with Gasteiger partial charge >= 0.3 is 5.97 Å². The van der Waals surface area contributed by atoms with Crippen LogP contribution in [0.5, 0.6) is 23.0 Å². The molecule has 0 amide bonds. The van der Waals surface area contributed by atoms with Crippen LogP contribution in [-0.4, -0.2) is 18.5 Å². The summed E-state index contributed by atoms with van der Waals surface area (Å²) in [7, 11) is 0. The Labute approximate surface area is 176 Å². The fourth-order valence-corrected chi connectivity index (χ4v) is 3.26. The molecule has 3 aromatic carbocycles. The number of carbonyl (C=O) groups is 2. The van der Waals surface area contributed by atoms with Crippen molar-refractivity contribution >= 4 is 29.4 Å². The van der Waals surface area contributed by atoms with Crippen molar-refractivity contribution in [2.24, 2.45) is 0 Å². The summed E-state index contributed by atoms with van der Waals surface area (Å²) in [6.45, 7) is 0.174. The normalized spacial score (nSPS) is 15.1. The lowest BCUT2D eigenvalue weighted by molar-refractivity contribution is 0.0734. The lowest BCUT2D eigenvalue weighted by Gasteiger charge is -2.06. The van der Waals surface area contributed by atoms with E-state index in [0.29, 0.717) is 33.4 Å². The molecule has 2 aliphatic rings. The van der Waals surface area contributed by atoms with Crippen LogP contribution in [0.15, 0.2) is 66.4 Å². The van der Waals surface area contributed by atoms with E-state index in [1.165, 1.54) is 6.07 Å². The Balaban J connectivity index is 1.36. The van der Waals surface area contributed by atoms with Gasteiger partial charge in [-0.1, -0.05) is 17.7 Å². The van der Waals surface area contributed by atoms with E-state index in [-0.39, 0.29) is 24.1 Å². The minimum atomic E-state index is -0.535. The average Bonchev–Trinajstić information content (AvgIpc) is 3.32. The van der Waals surface area contributed by atoms with Crippen LogP contribution in [0.3, 0.4) is 0 Å². The molecule has 30 heavy (non-hydrogen) atoms. The molecule has 0 atom stereocenters. The van der Waals surface area contributed by atoms with Crippen LogP contribution < -0.4 is 18.9 Å². The molecule has 2 heterocycles. The van der Waals surface area contributed by atoms with Crippen molar-refractivity contribution in [3.8, 4) is 23.0 Å². The number of Topliss-reactive ketones (excluding diaryl/α,β-unsaturated/α-hetero) is 1. The third-order valence-corrected chi connectivity index (χ3v) is 4.88. The van der Waals surface area contributed by atoms with Gasteiger partial charge in [-0.3, -0.25) is 4.79 Å². The molecule has 2 aliphatic heterocycles. The molecule has 3 aromatic rings. The first kappa shape index (κ1) is 18.3. The minimum absolute atomic E-state index is 0.171. The summed E-state index contributed by atoms with van der Waals surface area (Å²) in [5.41, 5.74) is 1.50. The van der Waals surface area contributed by atoms with Crippen LogP contribution in [0.1, 0.15) is 26.3 Å². The number of ketones is 1. The fraction of sp³-hybridized carbons (Fsp3) is 0.0435. The number of halogens is 1. The smallest absolute Gasteiger partial charge is 0.343 e. The molecule has 0 spiro atoms. The Bertz CT molecular complexity index is 1210. The molecule has 6 nitrogen and oxygen atoms in total. The number of benzene rings is 3. The predicted molar refractivity (Wildman–Crippen MR) is 108 cm³/mol. The van der Waals surface area contributed by atoms with E-state index in [0.717, 1.165) is 5.56 Å². The molecule has 0 saturated carbocycles. The van der Waals surface area contributed by atoms with Crippen LogP contribution in [0.2, 0.25) is 5.02 Å². The first-order valence-electron chi connectivity index (χ1n) is 9.02. The Morgan fingerprint density at radius 3 is 2.57 bits per heavy atom. The Morgan fingerprint density at radius 1 is 0.933 bits per heavy atom. The topological polar surface area (TPSA) is 71.1 Å². The van der Waals surface area contributed by atoms with Gasteiger partial charge in [-0.2, -0.15) is 0 Å². The van der Waals surface area contributed by atoms with E-state index in [9.17, 15) is 9.59 Å². The van der Waals surface area contributed by atoms with Gasteiger partial charge in [0.25, 0.3) is 0 Å². The highest BCUT2D eigenvalue weighted by Gasteiger charge is 2.28. The summed E-state index contributed by atoms with van der Waals surface area (Å²) in [5.74, 6) is 1.25. The fourth-order valence-electron chi connectivity index (χ4n) is 3.14. The zero-order valence-corrected chi connectivity index (χ0v) is 16.1. The van der Waals surface area contributed by atoms with Crippen molar-refractivity contribution in [1.29, 1.82) is 0 Å². The molecule has 0 radical (unpaired) electrons. The van der Waals surface area contributed by atoms with E-state index < -0.39 is 5.97 Å². The summed E-state index contributed by atoms with van der Waals surface area (Å²) in [4.78, 5) is 24.9. The quantitative estimate of drug-likeness (QED) is 0.341. The van der Waals surface area contributed by atoms with Crippen molar-refractivity contribution in [3.05, 3.63) is 88.1 Å². The maximum Gasteiger partial charge on any atom is 0.343 e. The number of allylic oxidation sites excluding steroid dienone is 1. The highest BCUT2D eigenvalue weighted by molar-refractivity contribution is 6.30. The second kappa shape index (κ2) is 7.24. The van der Waals surface area contributed by atoms with Crippen molar-refractivity contribution < 1.29 is 28.5 Å². The summed E-state index contributed by atoms with van der Waals surface area (Å²) in [6.07, 6.45) is 1.63. The standard InChI is InChI=1S/C23H13ClO6/c24-15-4-2-14(3-5-15)23(26)29-16-6-7-17-19(11-16)30-21(22(17)25)10-13-1-8-18-20(9-13)28-12-27-18/h1-11H,12H2. The summed E-state index contributed by atoms with van der Waals surface area (Å²) < 4.78 is 21.7. The minimum Gasteiger partial charge on any atom is -0.454 e. The molecule has 148 valence electrons. The number of esters is 1. The Morgan fingerprint density at radius 2 is 1.73 bits per heavy atom. The Kier molecular flexibility index (Phi) is 4.41. The molecular weight excluding hydrogens is 408 g/mol. The second-order valence-electron chi connectivity index (χ2n) is 6.61. The maximum absolute atomic E-state index is 12.7. The van der Waals surface area contributed by atoms with Gasteiger partial charge in [0.05, 0.1) is 11.1 Å². The highest BCUT2D eigenvalue weighted by Crippen LogP contribution is 2.37. The highest BCUT2D eigenvalue weighted by atomic mass is 35.5. The first-order chi connectivity index (χ1) is 14.6. The van der Waals surface area contributed by atoms with Crippen LogP contribution in [0.4, 0.5) is 0 Å². The largest absolute Gasteiger partial charge is 0.454 e. The van der Waals surface area contributed by atoms with Crippen LogP contribution in [0, 0.1) is 0 Å². The van der Waals surface area contributed by atoms with E-state index in [2.05, 4.69) is 0 Å². The molecular formula is C23H13ClO6. The number of ether oxygens (including phenoxy) is 4. The number of hydrogen-bond donors (Lipinski definition) is 0. The zero-order valence-electron chi connectivity index (χ0n) is 15.4. The van der Waals surface area contributed by atoms with Crippen LogP contribution in [0.25, 0.3) is 6.08 Å². The molecule has 5 rings (SSSR count).